The second-order valence-corrected chi connectivity index (χ2v) is 3.92. The second kappa shape index (κ2) is 5.11. The third kappa shape index (κ3) is 2.92. The number of β-amino-alcohol motifs (C(OH)–C–C–N with tert-alkyl or cyclic N) is 1. The van der Waals surface area contributed by atoms with E-state index in [1.165, 1.54) is 9.80 Å². The van der Waals surface area contributed by atoms with Crippen molar-refractivity contribution in [2.24, 2.45) is 0 Å². The van der Waals surface area contributed by atoms with Gasteiger partial charge in [0.2, 0.25) is 0 Å². The van der Waals surface area contributed by atoms with E-state index in [1.807, 2.05) is 6.92 Å². The van der Waals surface area contributed by atoms with Crippen LogP contribution >= 0.6 is 0 Å². The molecule has 15 heavy (non-hydrogen) atoms. The van der Waals surface area contributed by atoms with Crippen LogP contribution in [0, 0.1) is 0 Å². The maximum absolute atomic E-state index is 11.5. The lowest BCUT2D eigenvalue weighted by atomic mass is 10.2. The number of carbonyl (C=O) groups excluding carboxylic acids is 2. The van der Waals surface area contributed by atoms with Crippen LogP contribution in [0.15, 0.2) is 0 Å². The van der Waals surface area contributed by atoms with E-state index in [-0.39, 0.29) is 6.54 Å². The maximum atomic E-state index is 11.5. The summed E-state index contributed by atoms with van der Waals surface area (Å²) in [6, 6.07) is 0. The number of rotatable bonds is 4. The smallest absolute Gasteiger partial charge is 0.312 e. The predicted molar refractivity (Wildman–Crippen MR) is 55.1 cm³/mol. The number of carbonyl (C=O) groups is 2. The van der Waals surface area contributed by atoms with E-state index in [0.29, 0.717) is 19.5 Å². The van der Waals surface area contributed by atoms with Crippen molar-refractivity contribution >= 4 is 11.8 Å². The molecule has 1 heterocycles. The van der Waals surface area contributed by atoms with E-state index in [4.69, 9.17) is 0 Å². The number of amides is 2. The second-order valence-electron chi connectivity index (χ2n) is 3.92. The fourth-order valence-corrected chi connectivity index (χ4v) is 1.63. The molecule has 1 rings (SSSR count). The molecule has 1 unspecified atom stereocenters. The predicted octanol–water partition coefficient (Wildman–Crippen LogP) is -0.552. The van der Waals surface area contributed by atoms with Crippen LogP contribution < -0.4 is 0 Å². The quantitative estimate of drug-likeness (QED) is 0.639. The lowest BCUT2D eigenvalue weighted by Gasteiger charge is -2.32. The van der Waals surface area contributed by atoms with Gasteiger partial charge in [-0.2, -0.15) is 0 Å². The lowest BCUT2D eigenvalue weighted by Crippen LogP contribution is -2.54. The molecule has 1 aliphatic heterocycles. The van der Waals surface area contributed by atoms with Crippen LogP contribution in [0.4, 0.5) is 0 Å². The Hall–Kier alpha value is -1.10. The summed E-state index contributed by atoms with van der Waals surface area (Å²) in [5.74, 6) is -0.983. The highest BCUT2D eigenvalue weighted by atomic mass is 16.3. The van der Waals surface area contributed by atoms with Gasteiger partial charge in [-0.15, -0.1) is 0 Å². The Morgan fingerprint density at radius 3 is 2.60 bits per heavy atom. The maximum Gasteiger partial charge on any atom is 0.312 e. The minimum Gasteiger partial charge on any atom is -0.391 e. The Bertz CT molecular complexity index is 255. The number of likely N-dealkylation sites (N-methyl/N-ethyl adjacent to an activating group) is 1. The van der Waals surface area contributed by atoms with Crippen LogP contribution in [0.2, 0.25) is 0 Å². The molecule has 5 nitrogen and oxygen atoms in total. The number of hydrogen-bond donors (Lipinski definition) is 1. The molecular weight excluding hydrogens is 196 g/mol. The van der Waals surface area contributed by atoms with Crippen molar-refractivity contribution < 1.29 is 14.7 Å². The Kier molecular flexibility index (Phi) is 4.08. The van der Waals surface area contributed by atoms with Crippen LogP contribution in [-0.2, 0) is 9.59 Å². The Labute approximate surface area is 89.7 Å². The SMILES string of the molecule is CCCC(O)CN1CCN(C)C(=O)C1=O. The molecule has 0 saturated carbocycles. The highest BCUT2D eigenvalue weighted by Gasteiger charge is 2.30. The average molecular weight is 214 g/mol. The molecular formula is C10H18N2O3. The highest BCUT2D eigenvalue weighted by molar-refractivity contribution is 6.35. The summed E-state index contributed by atoms with van der Waals surface area (Å²) >= 11 is 0. The summed E-state index contributed by atoms with van der Waals surface area (Å²) < 4.78 is 0. The summed E-state index contributed by atoms with van der Waals surface area (Å²) in [5, 5.41) is 9.55. The zero-order valence-electron chi connectivity index (χ0n) is 9.27. The molecule has 5 heteroatoms. The molecule has 0 aromatic carbocycles. The molecule has 0 bridgehead atoms. The summed E-state index contributed by atoms with van der Waals surface area (Å²) in [6.07, 6.45) is 1.01. The number of nitrogens with zero attached hydrogens (tertiary/aromatic N) is 2. The topological polar surface area (TPSA) is 60.9 Å². The van der Waals surface area contributed by atoms with Gasteiger partial charge in [0.25, 0.3) is 0 Å². The Balaban J connectivity index is 2.49. The van der Waals surface area contributed by atoms with E-state index in [2.05, 4.69) is 0 Å². The van der Waals surface area contributed by atoms with Gasteiger partial charge in [-0.1, -0.05) is 13.3 Å². The first-order chi connectivity index (χ1) is 7.06. The molecule has 1 fully saturated rings. The van der Waals surface area contributed by atoms with Gasteiger partial charge in [0, 0.05) is 26.7 Å². The molecule has 0 aliphatic carbocycles. The fourth-order valence-electron chi connectivity index (χ4n) is 1.63. The molecule has 1 saturated heterocycles. The van der Waals surface area contributed by atoms with Gasteiger partial charge >= 0.3 is 11.8 Å². The lowest BCUT2D eigenvalue weighted by molar-refractivity contribution is -0.155. The largest absolute Gasteiger partial charge is 0.391 e. The molecule has 0 spiro atoms. The van der Waals surface area contributed by atoms with Gasteiger partial charge in [0.05, 0.1) is 6.10 Å². The number of piperazine rings is 1. The molecule has 1 N–H and O–H groups in total. The third-order valence-electron chi connectivity index (χ3n) is 2.58. The Morgan fingerprint density at radius 2 is 2.00 bits per heavy atom. The van der Waals surface area contributed by atoms with Crippen LogP contribution in [0.1, 0.15) is 19.8 Å². The van der Waals surface area contributed by atoms with Crippen molar-refractivity contribution in [3.8, 4) is 0 Å². The van der Waals surface area contributed by atoms with Crippen molar-refractivity contribution in [2.75, 3.05) is 26.7 Å². The summed E-state index contributed by atoms with van der Waals surface area (Å²) in [6.45, 7) is 3.30. The standard InChI is InChI=1S/C10H18N2O3/c1-3-4-8(13)7-12-6-5-11(2)9(14)10(12)15/h8,13H,3-7H2,1-2H3. The van der Waals surface area contributed by atoms with Crippen LogP contribution in [-0.4, -0.2) is 59.5 Å². The summed E-state index contributed by atoms with van der Waals surface area (Å²) in [4.78, 5) is 25.7. The van der Waals surface area contributed by atoms with Crippen molar-refractivity contribution in [2.45, 2.75) is 25.9 Å². The number of hydrogen-bond acceptors (Lipinski definition) is 3. The summed E-state index contributed by atoms with van der Waals surface area (Å²) in [5.41, 5.74) is 0. The monoisotopic (exact) mass is 214 g/mol. The zero-order valence-corrected chi connectivity index (χ0v) is 9.27. The van der Waals surface area contributed by atoms with Crippen molar-refractivity contribution in [3.63, 3.8) is 0 Å². The van der Waals surface area contributed by atoms with Crippen molar-refractivity contribution in [1.29, 1.82) is 0 Å². The normalized spacial score (nSPS) is 19.7. The number of aliphatic hydroxyl groups excluding tert-OH is 1. The van der Waals surface area contributed by atoms with Gasteiger partial charge in [-0.3, -0.25) is 9.59 Å². The molecule has 0 aromatic rings. The fraction of sp³-hybridized carbons (Fsp3) is 0.800. The van der Waals surface area contributed by atoms with Gasteiger partial charge in [0.1, 0.15) is 0 Å². The van der Waals surface area contributed by atoms with Crippen LogP contribution in [0.3, 0.4) is 0 Å². The minimum absolute atomic E-state index is 0.270. The van der Waals surface area contributed by atoms with E-state index in [0.717, 1.165) is 6.42 Å². The van der Waals surface area contributed by atoms with Gasteiger partial charge in [-0.25, -0.2) is 0 Å². The van der Waals surface area contributed by atoms with Gasteiger partial charge in [0.15, 0.2) is 0 Å². The van der Waals surface area contributed by atoms with E-state index >= 15 is 0 Å². The van der Waals surface area contributed by atoms with Gasteiger partial charge in [-0.05, 0) is 6.42 Å². The molecule has 2 amide bonds. The van der Waals surface area contributed by atoms with Crippen molar-refractivity contribution in [1.82, 2.24) is 9.80 Å². The minimum atomic E-state index is -0.518. The third-order valence-corrected chi connectivity index (χ3v) is 2.58. The number of aliphatic hydroxyl groups is 1. The first-order valence-corrected chi connectivity index (χ1v) is 5.28. The van der Waals surface area contributed by atoms with Crippen molar-refractivity contribution in [3.05, 3.63) is 0 Å². The van der Waals surface area contributed by atoms with E-state index in [1.54, 1.807) is 7.05 Å². The first-order valence-electron chi connectivity index (χ1n) is 5.28. The Morgan fingerprint density at radius 1 is 1.33 bits per heavy atom. The highest BCUT2D eigenvalue weighted by Crippen LogP contribution is 2.06. The van der Waals surface area contributed by atoms with Gasteiger partial charge < -0.3 is 14.9 Å². The van der Waals surface area contributed by atoms with Crippen LogP contribution in [0.25, 0.3) is 0 Å². The average Bonchev–Trinajstić information content (AvgIpc) is 2.20. The molecule has 0 aromatic heterocycles. The van der Waals surface area contributed by atoms with E-state index in [9.17, 15) is 14.7 Å². The van der Waals surface area contributed by atoms with Crippen LogP contribution in [0.5, 0.6) is 0 Å². The molecule has 1 atom stereocenters. The molecule has 0 radical (unpaired) electrons. The summed E-state index contributed by atoms with van der Waals surface area (Å²) in [7, 11) is 1.61. The molecule has 86 valence electrons. The van der Waals surface area contributed by atoms with E-state index < -0.39 is 17.9 Å². The zero-order chi connectivity index (χ0) is 11.4. The first kappa shape index (κ1) is 12.0. The molecule has 1 aliphatic rings.